The van der Waals surface area contributed by atoms with Crippen molar-refractivity contribution in [2.75, 3.05) is 0 Å². The Morgan fingerprint density at radius 1 is 1.37 bits per heavy atom. The van der Waals surface area contributed by atoms with Crippen LogP contribution in [-0.2, 0) is 11.2 Å². The summed E-state index contributed by atoms with van der Waals surface area (Å²) < 4.78 is 1.81. The molecule has 4 nitrogen and oxygen atoms in total. The van der Waals surface area contributed by atoms with Crippen LogP contribution in [-0.4, -0.2) is 21.0 Å². The Hall–Kier alpha value is -1.02. The normalized spacial score (nSPS) is 12.1. The van der Waals surface area contributed by atoms with E-state index in [-0.39, 0.29) is 0 Å². The molecule has 0 saturated heterocycles. The molecular weight excluding hydrogens is 423 g/mol. The molecule has 0 radical (unpaired) electrons. The number of hydrogen-bond acceptors (Lipinski definition) is 3. The van der Waals surface area contributed by atoms with E-state index in [1.54, 1.807) is 12.4 Å². The van der Waals surface area contributed by atoms with Crippen LogP contribution in [0.25, 0.3) is 0 Å². The second-order valence-electron chi connectivity index (χ2n) is 3.98. The van der Waals surface area contributed by atoms with Crippen molar-refractivity contribution in [2.45, 2.75) is 12.3 Å². The molecule has 0 bridgehead atoms. The first-order chi connectivity index (χ1) is 9.06. The number of rotatable bonds is 4. The molecule has 19 heavy (non-hydrogen) atoms. The number of carboxylic acids is 1. The van der Waals surface area contributed by atoms with Gasteiger partial charge in [-0.3, -0.25) is 4.79 Å². The molecule has 0 aliphatic heterocycles. The van der Waals surface area contributed by atoms with Gasteiger partial charge in [-0.25, -0.2) is 9.97 Å². The Bertz CT molecular complexity index is 589. The van der Waals surface area contributed by atoms with Gasteiger partial charge in [0, 0.05) is 20.4 Å². The minimum absolute atomic E-state index is 0.341. The van der Waals surface area contributed by atoms with E-state index in [0.717, 1.165) is 13.6 Å². The van der Waals surface area contributed by atoms with Gasteiger partial charge in [0.15, 0.2) is 0 Å². The maximum Gasteiger partial charge on any atom is 0.314 e. The Kier molecular flexibility index (Phi) is 4.87. The summed E-state index contributed by atoms with van der Waals surface area (Å²) in [6.45, 7) is 0. The van der Waals surface area contributed by atoms with Gasteiger partial charge < -0.3 is 5.11 Å². The molecule has 1 heterocycles. The number of aromatic nitrogens is 2. The van der Waals surface area contributed by atoms with Crippen LogP contribution in [0.1, 0.15) is 17.3 Å². The molecule has 1 aromatic carbocycles. The highest BCUT2D eigenvalue weighted by molar-refractivity contribution is 14.1. The third-order valence-electron chi connectivity index (χ3n) is 2.58. The van der Waals surface area contributed by atoms with E-state index in [1.165, 1.54) is 0 Å². The van der Waals surface area contributed by atoms with Gasteiger partial charge in [0.25, 0.3) is 0 Å². The molecule has 1 aromatic heterocycles. The monoisotopic (exact) mass is 432 g/mol. The number of nitrogens with zero attached hydrogens (tertiary/aromatic N) is 2. The lowest BCUT2D eigenvalue weighted by Gasteiger charge is -2.11. The fourth-order valence-electron chi connectivity index (χ4n) is 1.69. The summed E-state index contributed by atoms with van der Waals surface area (Å²) >= 11 is 5.46. The Balaban J connectivity index is 2.26. The van der Waals surface area contributed by atoms with E-state index < -0.39 is 11.9 Å². The van der Waals surface area contributed by atoms with Crippen molar-refractivity contribution in [3.05, 3.63) is 56.1 Å². The van der Waals surface area contributed by atoms with Gasteiger partial charge in [0.1, 0.15) is 11.7 Å². The van der Waals surface area contributed by atoms with E-state index in [1.807, 2.05) is 24.3 Å². The highest BCUT2D eigenvalue weighted by atomic mass is 127. The maximum atomic E-state index is 11.4. The van der Waals surface area contributed by atoms with E-state index in [9.17, 15) is 9.90 Å². The number of carboxylic acid groups (broad SMARTS) is 1. The third-order valence-corrected chi connectivity index (χ3v) is 3.63. The Morgan fingerprint density at radius 3 is 2.63 bits per heavy atom. The minimum atomic E-state index is -0.916. The van der Waals surface area contributed by atoms with Gasteiger partial charge in [-0.2, -0.15) is 0 Å². The molecule has 1 atom stereocenters. The van der Waals surface area contributed by atoms with Crippen LogP contribution in [0.4, 0.5) is 0 Å². The van der Waals surface area contributed by atoms with Gasteiger partial charge in [-0.05, 0) is 46.7 Å². The molecule has 0 saturated carbocycles. The fourth-order valence-corrected chi connectivity index (χ4v) is 2.42. The van der Waals surface area contributed by atoms with Gasteiger partial charge in [0.2, 0.25) is 0 Å². The second kappa shape index (κ2) is 6.42. The molecule has 98 valence electrons. The zero-order valence-electron chi connectivity index (χ0n) is 9.75. The first kappa shape index (κ1) is 14.4. The van der Waals surface area contributed by atoms with Gasteiger partial charge in [0.05, 0.1) is 0 Å². The number of hydrogen-bond donors (Lipinski definition) is 1. The highest BCUT2D eigenvalue weighted by Crippen LogP contribution is 2.20. The van der Waals surface area contributed by atoms with Crippen LogP contribution >= 0.6 is 38.5 Å². The summed E-state index contributed by atoms with van der Waals surface area (Å²) in [5, 5.41) is 9.33. The molecule has 0 amide bonds. The van der Waals surface area contributed by atoms with Crippen molar-refractivity contribution in [1.29, 1.82) is 0 Å². The summed E-state index contributed by atoms with van der Waals surface area (Å²) in [6, 6.07) is 7.59. The predicted octanol–water partition coefficient (Wildman–Crippen LogP) is 3.25. The largest absolute Gasteiger partial charge is 0.481 e. The molecule has 0 fully saturated rings. The Morgan fingerprint density at radius 2 is 2.05 bits per heavy atom. The minimum Gasteiger partial charge on any atom is -0.481 e. The standard InChI is InChI=1S/C13H10BrIN2O2/c14-9-3-1-2-8(4-9)5-11(13(18)19)12-16-6-10(15)7-17-12/h1-4,6-7,11H,5H2,(H,18,19). The summed E-state index contributed by atoms with van der Waals surface area (Å²) in [4.78, 5) is 19.6. The number of benzene rings is 1. The Labute approximate surface area is 132 Å². The molecule has 6 heteroatoms. The van der Waals surface area contributed by atoms with Gasteiger partial charge in [-0.1, -0.05) is 28.1 Å². The molecule has 1 unspecified atom stereocenters. The second-order valence-corrected chi connectivity index (χ2v) is 6.15. The van der Waals surface area contributed by atoms with Crippen molar-refractivity contribution in [3.63, 3.8) is 0 Å². The number of aliphatic carboxylic acids is 1. The lowest BCUT2D eigenvalue weighted by atomic mass is 9.99. The molecule has 0 aliphatic rings. The quantitative estimate of drug-likeness (QED) is 0.753. The first-order valence-corrected chi connectivity index (χ1v) is 7.38. The SMILES string of the molecule is O=C(O)C(Cc1cccc(Br)c1)c1ncc(I)cn1. The molecule has 2 aromatic rings. The molecule has 1 N–H and O–H groups in total. The molecule has 2 rings (SSSR count). The maximum absolute atomic E-state index is 11.4. The smallest absolute Gasteiger partial charge is 0.314 e. The van der Waals surface area contributed by atoms with E-state index in [0.29, 0.717) is 12.2 Å². The van der Waals surface area contributed by atoms with E-state index in [4.69, 9.17) is 0 Å². The van der Waals surface area contributed by atoms with E-state index >= 15 is 0 Å². The zero-order valence-corrected chi connectivity index (χ0v) is 13.5. The summed E-state index contributed by atoms with van der Waals surface area (Å²) in [5.41, 5.74) is 0.934. The summed E-state index contributed by atoms with van der Waals surface area (Å²) in [5.74, 6) is -1.31. The molecule has 0 spiro atoms. The van der Waals surface area contributed by atoms with Crippen LogP contribution < -0.4 is 0 Å². The van der Waals surface area contributed by atoms with Crippen molar-refractivity contribution >= 4 is 44.5 Å². The van der Waals surface area contributed by atoms with Crippen LogP contribution in [0.15, 0.2) is 41.1 Å². The first-order valence-electron chi connectivity index (χ1n) is 5.51. The number of carbonyl (C=O) groups is 1. The van der Waals surface area contributed by atoms with Crippen molar-refractivity contribution in [1.82, 2.24) is 9.97 Å². The van der Waals surface area contributed by atoms with Gasteiger partial charge in [-0.15, -0.1) is 0 Å². The average molecular weight is 433 g/mol. The van der Waals surface area contributed by atoms with Crippen LogP contribution in [0.5, 0.6) is 0 Å². The fraction of sp³-hybridized carbons (Fsp3) is 0.154. The van der Waals surface area contributed by atoms with Gasteiger partial charge >= 0.3 is 5.97 Å². The molecular formula is C13H10BrIN2O2. The van der Waals surface area contributed by atoms with Crippen LogP contribution in [0, 0.1) is 3.57 Å². The molecule has 0 aliphatic carbocycles. The third kappa shape index (κ3) is 3.97. The van der Waals surface area contributed by atoms with Crippen LogP contribution in [0.2, 0.25) is 0 Å². The van der Waals surface area contributed by atoms with E-state index in [2.05, 4.69) is 48.5 Å². The zero-order chi connectivity index (χ0) is 13.8. The lowest BCUT2D eigenvalue weighted by molar-refractivity contribution is -0.139. The average Bonchev–Trinajstić information content (AvgIpc) is 2.37. The van der Waals surface area contributed by atoms with Crippen molar-refractivity contribution in [2.24, 2.45) is 0 Å². The van der Waals surface area contributed by atoms with Crippen molar-refractivity contribution in [3.8, 4) is 0 Å². The lowest BCUT2D eigenvalue weighted by Crippen LogP contribution is -2.17. The topological polar surface area (TPSA) is 63.1 Å². The highest BCUT2D eigenvalue weighted by Gasteiger charge is 2.23. The number of halogens is 2. The predicted molar refractivity (Wildman–Crippen MR) is 83.0 cm³/mol. The van der Waals surface area contributed by atoms with Crippen LogP contribution in [0.3, 0.4) is 0 Å². The summed E-state index contributed by atoms with van der Waals surface area (Å²) in [6.07, 6.45) is 3.62. The summed E-state index contributed by atoms with van der Waals surface area (Å²) in [7, 11) is 0. The van der Waals surface area contributed by atoms with Crippen molar-refractivity contribution < 1.29 is 9.90 Å².